The number of hydrogen-bond donors (Lipinski definition) is 6. The van der Waals surface area contributed by atoms with Crippen molar-refractivity contribution in [2.45, 2.75) is 56.4 Å². The number of aliphatic hydroxyl groups is 2. The van der Waals surface area contributed by atoms with Crippen LogP contribution in [-0.4, -0.2) is 65.9 Å². The maximum absolute atomic E-state index is 13.5. The molecule has 13 heteroatoms. The Balaban J connectivity index is 1.36. The minimum absolute atomic E-state index is 0.0106. The van der Waals surface area contributed by atoms with Gasteiger partial charge in [-0.3, -0.25) is 23.9 Å². The number of aromatic amines is 1. The summed E-state index contributed by atoms with van der Waals surface area (Å²) >= 11 is 0. The van der Waals surface area contributed by atoms with Gasteiger partial charge in [-0.05, 0) is 17.5 Å². The van der Waals surface area contributed by atoms with Crippen LogP contribution in [0.2, 0.25) is 0 Å². The van der Waals surface area contributed by atoms with Crippen molar-refractivity contribution in [3.8, 4) is 0 Å². The fraction of sp³-hybridized carbons (Fsp3) is 0.321. The molecule has 0 aliphatic carbocycles. The second-order valence-electron chi connectivity index (χ2n) is 9.83. The molecule has 1 fully saturated rings. The highest BCUT2D eigenvalue weighted by Gasteiger charge is 2.48. The molecule has 13 nitrogen and oxygen atoms in total. The van der Waals surface area contributed by atoms with Gasteiger partial charge in [0.05, 0.1) is 12.4 Å². The number of carbonyl (C=O) groups excluding carboxylic acids is 2. The zero-order valence-corrected chi connectivity index (χ0v) is 22.2. The lowest BCUT2D eigenvalue weighted by molar-refractivity contribution is -0.140. The molecule has 7 N–H and O–H groups in total. The summed E-state index contributed by atoms with van der Waals surface area (Å²) in [5.74, 6) is -1.39. The second kappa shape index (κ2) is 11.9. The number of H-pyrrole nitrogens is 1. The van der Waals surface area contributed by atoms with E-state index in [1.165, 1.54) is 10.9 Å². The van der Waals surface area contributed by atoms with E-state index in [2.05, 4.69) is 25.6 Å². The molecule has 1 saturated heterocycles. The summed E-state index contributed by atoms with van der Waals surface area (Å²) in [6.45, 7) is 1.95. The lowest BCUT2D eigenvalue weighted by atomic mass is 10.0. The molecule has 2 aromatic heterocycles. The van der Waals surface area contributed by atoms with Crippen LogP contribution in [0.3, 0.4) is 0 Å². The van der Waals surface area contributed by atoms with Crippen LogP contribution >= 0.6 is 0 Å². The molecule has 0 radical (unpaired) electrons. The van der Waals surface area contributed by atoms with Crippen molar-refractivity contribution in [3.05, 3.63) is 88.5 Å². The van der Waals surface area contributed by atoms with Gasteiger partial charge in [0.25, 0.3) is 11.5 Å². The van der Waals surface area contributed by atoms with E-state index in [0.717, 1.165) is 11.1 Å². The fourth-order valence-electron chi connectivity index (χ4n) is 4.93. The van der Waals surface area contributed by atoms with Crippen LogP contribution < -0.4 is 21.9 Å². The number of anilines is 1. The number of nitrogens with zero attached hydrogens (tertiary/aromatic N) is 3. The van der Waals surface area contributed by atoms with Gasteiger partial charge in [0.2, 0.25) is 11.9 Å². The first kappa shape index (κ1) is 28.0. The number of aliphatic hydroxyl groups excluding tert-OH is 2. The van der Waals surface area contributed by atoms with Crippen LogP contribution in [0.4, 0.5) is 5.95 Å². The number of nitrogen functional groups attached to an aromatic ring is 1. The smallest absolute Gasteiger partial charge is 0.280 e. The quantitative estimate of drug-likeness (QED) is 0.167. The van der Waals surface area contributed by atoms with E-state index in [4.69, 9.17) is 10.5 Å². The van der Waals surface area contributed by atoms with Gasteiger partial charge in [-0.15, -0.1) is 0 Å². The predicted molar refractivity (Wildman–Crippen MR) is 148 cm³/mol. The molecule has 1 aliphatic rings. The molecule has 2 amide bonds. The SMILES string of the molecule is CC[C@H](NC(=O)[C@H](Cc1ccccc1)NC(=O)[C@H]1O[C@@H](n2cnc3c(=O)[nH]c(N)nc32)[C@H](O)[C@@H]1O)c1ccccc1. The predicted octanol–water partition coefficient (Wildman–Crippen LogP) is 0.316. The molecule has 41 heavy (non-hydrogen) atoms. The number of benzene rings is 2. The van der Waals surface area contributed by atoms with E-state index in [9.17, 15) is 24.6 Å². The molecule has 3 heterocycles. The van der Waals surface area contributed by atoms with Gasteiger partial charge in [0.1, 0.15) is 18.2 Å². The Kier molecular flexibility index (Phi) is 8.10. The average Bonchev–Trinajstić information content (AvgIpc) is 3.52. The highest BCUT2D eigenvalue weighted by atomic mass is 16.6. The molecule has 5 rings (SSSR count). The zero-order valence-electron chi connectivity index (χ0n) is 22.2. The standard InChI is InChI=1S/C28H31N7O6/c1-2-17(16-11-7-4-8-12-16)31-24(38)18(13-15-9-5-3-6-10-15)32-26(40)22-20(36)21(37)27(41-22)35-14-30-19-23(35)33-28(29)34-25(19)39/h3-12,14,17-18,20-22,27,36-37H,2,13H2,1H3,(H,31,38)(H,32,40)(H3,29,33,34,39)/t17-,18-,20-,21+,22-,27+/m0/s1. The van der Waals surface area contributed by atoms with E-state index in [-0.39, 0.29) is 29.6 Å². The number of nitrogens with two attached hydrogens (primary N) is 1. The summed E-state index contributed by atoms with van der Waals surface area (Å²) in [4.78, 5) is 49.4. The number of fused-ring (bicyclic) bond motifs is 1. The van der Waals surface area contributed by atoms with Crippen LogP contribution in [0.25, 0.3) is 11.2 Å². The molecule has 0 saturated carbocycles. The Labute approximate surface area is 234 Å². The molecular formula is C28H31N7O6. The summed E-state index contributed by atoms with van der Waals surface area (Å²) in [7, 11) is 0. The Bertz CT molecular complexity index is 1580. The van der Waals surface area contributed by atoms with E-state index in [1.807, 2.05) is 67.6 Å². The first-order valence-corrected chi connectivity index (χ1v) is 13.2. The van der Waals surface area contributed by atoms with Gasteiger partial charge in [-0.2, -0.15) is 4.98 Å². The minimum Gasteiger partial charge on any atom is -0.387 e. The number of carbonyl (C=O) groups is 2. The lowest BCUT2D eigenvalue weighted by Crippen LogP contribution is -2.53. The van der Waals surface area contributed by atoms with E-state index in [1.54, 1.807) is 0 Å². The van der Waals surface area contributed by atoms with Gasteiger partial charge >= 0.3 is 0 Å². The fourth-order valence-corrected chi connectivity index (χ4v) is 4.93. The monoisotopic (exact) mass is 561 g/mol. The Morgan fingerprint density at radius 2 is 1.76 bits per heavy atom. The minimum atomic E-state index is -1.65. The van der Waals surface area contributed by atoms with Gasteiger partial charge in [0.15, 0.2) is 23.5 Å². The van der Waals surface area contributed by atoms with E-state index in [0.29, 0.717) is 6.42 Å². The molecule has 0 spiro atoms. The second-order valence-corrected chi connectivity index (χ2v) is 9.83. The van der Waals surface area contributed by atoms with Gasteiger partial charge in [0, 0.05) is 6.42 Å². The normalized spacial score (nSPS) is 21.8. The van der Waals surface area contributed by atoms with Gasteiger partial charge < -0.3 is 31.3 Å². The number of rotatable bonds is 9. The summed E-state index contributed by atoms with van der Waals surface area (Å²) in [5, 5.41) is 27.3. The first-order valence-electron chi connectivity index (χ1n) is 13.2. The largest absolute Gasteiger partial charge is 0.387 e. The first-order chi connectivity index (χ1) is 19.8. The number of ether oxygens (including phenoxy) is 1. The third-order valence-corrected chi connectivity index (χ3v) is 7.06. The Morgan fingerprint density at radius 1 is 1.07 bits per heavy atom. The van der Waals surface area contributed by atoms with Crippen LogP contribution in [0, 0.1) is 0 Å². The number of amides is 2. The van der Waals surface area contributed by atoms with Crippen molar-refractivity contribution >= 4 is 28.9 Å². The maximum Gasteiger partial charge on any atom is 0.280 e. The molecular weight excluding hydrogens is 530 g/mol. The highest BCUT2D eigenvalue weighted by Crippen LogP contribution is 2.31. The Hall–Kier alpha value is -4.59. The summed E-state index contributed by atoms with van der Waals surface area (Å²) in [6, 6.07) is 17.4. The summed E-state index contributed by atoms with van der Waals surface area (Å²) in [6.07, 6.45) is -4.05. The molecule has 2 aromatic carbocycles. The van der Waals surface area contributed by atoms with Crippen LogP contribution in [0.5, 0.6) is 0 Å². The third kappa shape index (κ3) is 5.82. The highest BCUT2D eigenvalue weighted by molar-refractivity contribution is 5.90. The number of hydrogen-bond acceptors (Lipinski definition) is 9. The van der Waals surface area contributed by atoms with Crippen molar-refractivity contribution in [3.63, 3.8) is 0 Å². The van der Waals surface area contributed by atoms with E-state index < -0.39 is 48.0 Å². The maximum atomic E-state index is 13.5. The summed E-state index contributed by atoms with van der Waals surface area (Å²) in [5.41, 5.74) is 6.75. The van der Waals surface area contributed by atoms with Crippen molar-refractivity contribution < 1.29 is 24.5 Å². The zero-order chi connectivity index (χ0) is 29.1. The summed E-state index contributed by atoms with van der Waals surface area (Å²) < 4.78 is 6.99. The van der Waals surface area contributed by atoms with Crippen LogP contribution in [0.15, 0.2) is 71.8 Å². The topological polar surface area (TPSA) is 197 Å². The van der Waals surface area contributed by atoms with Crippen molar-refractivity contribution in [1.29, 1.82) is 0 Å². The molecule has 6 atom stereocenters. The number of aromatic nitrogens is 4. The number of nitrogens with one attached hydrogen (secondary N) is 3. The third-order valence-electron chi connectivity index (χ3n) is 7.06. The molecule has 0 unspecified atom stereocenters. The van der Waals surface area contributed by atoms with Crippen molar-refractivity contribution in [2.75, 3.05) is 5.73 Å². The van der Waals surface area contributed by atoms with Crippen molar-refractivity contribution in [2.24, 2.45) is 0 Å². The van der Waals surface area contributed by atoms with E-state index >= 15 is 0 Å². The van der Waals surface area contributed by atoms with Crippen LogP contribution in [0.1, 0.15) is 36.7 Å². The molecule has 0 bridgehead atoms. The van der Waals surface area contributed by atoms with Gasteiger partial charge in [-0.1, -0.05) is 67.6 Å². The molecule has 214 valence electrons. The molecule has 1 aliphatic heterocycles. The molecule has 4 aromatic rings. The van der Waals surface area contributed by atoms with Crippen molar-refractivity contribution in [1.82, 2.24) is 30.2 Å². The average molecular weight is 562 g/mol. The number of imidazole rings is 1. The lowest BCUT2D eigenvalue weighted by Gasteiger charge is -2.25. The van der Waals surface area contributed by atoms with Gasteiger partial charge in [-0.25, -0.2) is 4.98 Å². The van der Waals surface area contributed by atoms with Crippen LogP contribution in [-0.2, 0) is 20.7 Å². The Morgan fingerprint density at radius 3 is 2.44 bits per heavy atom.